The van der Waals surface area contributed by atoms with E-state index in [1.54, 1.807) is 24.3 Å². The highest BCUT2D eigenvalue weighted by Gasteiger charge is 2.31. The second kappa shape index (κ2) is 5.66. The third kappa shape index (κ3) is 4.00. The molecular weight excluding hydrogens is 273 g/mol. The second-order valence-electron chi connectivity index (χ2n) is 4.27. The molecule has 100 valence electrons. The van der Waals surface area contributed by atoms with E-state index in [0.29, 0.717) is 5.56 Å². The minimum Gasteiger partial charge on any atom is -0.171 e. The van der Waals surface area contributed by atoms with Crippen molar-refractivity contribution in [2.45, 2.75) is 18.0 Å². The zero-order valence-corrected chi connectivity index (χ0v) is 10.7. The third-order valence-electron chi connectivity index (χ3n) is 2.79. The Morgan fingerprint density at radius 3 is 1.89 bits per heavy atom. The van der Waals surface area contributed by atoms with E-state index in [1.165, 1.54) is 0 Å². The van der Waals surface area contributed by atoms with Crippen LogP contribution in [0, 0.1) is 0 Å². The maximum atomic E-state index is 12.3. The Hall–Kier alpha value is -1.48. The fourth-order valence-corrected chi connectivity index (χ4v) is 2.16. The molecular formula is C15H12ClF3. The summed E-state index contributed by atoms with van der Waals surface area (Å²) in [6.45, 7) is 0. The lowest BCUT2D eigenvalue weighted by molar-refractivity contribution is -0.134. The molecule has 0 aliphatic heterocycles. The zero-order chi connectivity index (χ0) is 13.9. The Morgan fingerprint density at radius 2 is 1.37 bits per heavy atom. The Labute approximate surface area is 114 Å². The molecule has 0 saturated heterocycles. The van der Waals surface area contributed by atoms with E-state index in [9.17, 15) is 13.2 Å². The quantitative estimate of drug-likeness (QED) is 0.645. The van der Waals surface area contributed by atoms with E-state index in [0.717, 1.165) is 11.1 Å². The number of halogens is 4. The summed E-state index contributed by atoms with van der Waals surface area (Å²) in [5, 5.41) is -1.04. The number of alkyl halides is 4. The van der Waals surface area contributed by atoms with Crippen molar-refractivity contribution in [2.24, 2.45) is 0 Å². The van der Waals surface area contributed by atoms with Crippen LogP contribution in [0.5, 0.6) is 0 Å². The van der Waals surface area contributed by atoms with Crippen molar-refractivity contribution in [3.05, 3.63) is 60.2 Å². The fraction of sp³-hybridized carbons (Fsp3) is 0.200. The summed E-state index contributed by atoms with van der Waals surface area (Å²) in [6, 6.07) is 16.5. The summed E-state index contributed by atoms with van der Waals surface area (Å²) in [7, 11) is 0. The Balaban J connectivity index is 2.15. The lowest BCUT2D eigenvalue weighted by Crippen LogP contribution is -2.10. The normalized spacial score (nSPS) is 13.3. The first-order chi connectivity index (χ1) is 8.96. The van der Waals surface area contributed by atoms with Gasteiger partial charge in [-0.25, -0.2) is 0 Å². The van der Waals surface area contributed by atoms with Gasteiger partial charge < -0.3 is 0 Å². The highest BCUT2D eigenvalue weighted by atomic mass is 35.5. The molecule has 0 spiro atoms. The number of rotatable bonds is 3. The van der Waals surface area contributed by atoms with Crippen molar-refractivity contribution < 1.29 is 13.2 Å². The zero-order valence-electron chi connectivity index (χ0n) is 9.99. The van der Waals surface area contributed by atoms with Gasteiger partial charge in [0.15, 0.2) is 0 Å². The lowest BCUT2D eigenvalue weighted by Gasteiger charge is -2.13. The van der Waals surface area contributed by atoms with Crippen LogP contribution in [-0.2, 0) is 0 Å². The molecule has 1 atom stereocenters. The van der Waals surface area contributed by atoms with Crippen molar-refractivity contribution >= 4 is 11.6 Å². The standard InChI is InChI=1S/C15H12ClF3/c16-14(10-15(17,18)19)13-8-6-12(7-9-13)11-4-2-1-3-5-11/h1-9,14H,10H2. The number of hydrogen-bond acceptors (Lipinski definition) is 0. The van der Waals surface area contributed by atoms with Gasteiger partial charge in [-0.3, -0.25) is 0 Å². The molecule has 0 amide bonds. The van der Waals surface area contributed by atoms with Gasteiger partial charge >= 0.3 is 6.18 Å². The molecule has 0 radical (unpaired) electrons. The fourth-order valence-electron chi connectivity index (χ4n) is 1.84. The molecule has 0 saturated carbocycles. The molecule has 0 aliphatic rings. The molecule has 0 bridgehead atoms. The molecule has 0 fully saturated rings. The lowest BCUT2D eigenvalue weighted by atomic mass is 10.0. The van der Waals surface area contributed by atoms with Crippen LogP contribution in [-0.4, -0.2) is 6.18 Å². The summed E-state index contributed by atoms with van der Waals surface area (Å²) in [4.78, 5) is 0. The molecule has 19 heavy (non-hydrogen) atoms. The predicted molar refractivity (Wildman–Crippen MR) is 71.1 cm³/mol. The first-order valence-electron chi connectivity index (χ1n) is 5.82. The van der Waals surface area contributed by atoms with Crippen molar-refractivity contribution in [3.8, 4) is 11.1 Å². The third-order valence-corrected chi connectivity index (χ3v) is 3.20. The Morgan fingerprint density at radius 1 is 0.842 bits per heavy atom. The number of hydrogen-bond donors (Lipinski definition) is 0. The van der Waals surface area contributed by atoms with Crippen molar-refractivity contribution in [1.82, 2.24) is 0 Å². The van der Waals surface area contributed by atoms with Gasteiger partial charge in [0, 0.05) is 0 Å². The molecule has 0 aromatic heterocycles. The van der Waals surface area contributed by atoms with Gasteiger partial charge in [0.25, 0.3) is 0 Å². The highest BCUT2D eigenvalue weighted by Crippen LogP contribution is 2.34. The highest BCUT2D eigenvalue weighted by molar-refractivity contribution is 6.20. The monoisotopic (exact) mass is 284 g/mol. The van der Waals surface area contributed by atoms with E-state index in [4.69, 9.17) is 11.6 Å². The molecule has 0 aliphatic carbocycles. The maximum Gasteiger partial charge on any atom is 0.390 e. The van der Waals surface area contributed by atoms with Gasteiger partial charge in [0.1, 0.15) is 0 Å². The molecule has 2 rings (SSSR count). The van der Waals surface area contributed by atoms with Crippen LogP contribution < -0.4 is 0 Å². The maximum absolute atomic E-state index is 12.3. The number of benzene rings is 2. The predicted octanol–water partition coefficient (Wildman–Crippen LogP) is 5.59. The first-order valence-corrected chi connectivity index (χ1v) is 6.25. The largest absolute Gasteiger partial charge is 0.390 e. The molecule has 0 nitrogen and oxygen atoms in total. The van der Waals surface area contributed by atoms with Gasteiger partial charge in [0.05, 0.1) is 11.8 Å². The van der Waals surface area contributed by atoms with Crippen LogP contribution in [0.2, 0.25) is 0 Å². The smallest absolute Gasteiger partial charge is 0.171 e. The van der Waals surface area contributed by atoms with E-state index < -0.39 is 18.0 Å². The first kappa shape index (κ1) is 13.9. The van der Waals surface area contributed by atoms with Crippen molar-refractivity contribution in [3.63, 3.8) is 0 Å². The topological polar surface area (TPSA) is 0 Å². The minimum absolute atomic E-state index is 0.485. The minimum atomic E-state index is -4.25. The Kier molecular flexibility index (Phi) is 4.15. The van der Waals surface area contributed by atoms with Crippen LogP contribution in [0.4, 0.5) is 13.2 Å². The van der Waals surface area contributed by atoms with Crippen LogP contribution in [0.25, 0.3) is 11.1 Å². The van der Waals surface area contributed by atoms with E-state index in [2.05, 4.69) is 0 Å². The van der Waals surface area contributed by atoms with Crippen LogP contribution in [0.15, 0.2) is 54.6 Å². The molecule has 4 heteroatoms. The summed E-state index contributed by atoms with van der Waals surface area (Å²) in [5.41, 5.74) is 2.47. The average molecular weight is 285 g/mol. The van der Waals surface area contributed by atoms with E-state index >= 15 is 0 Å². The van der Waals surface area contributed by atoms with E-state index in [-0.39, 0.29) is 0 Å². The molecule has 1 unspecified atom stereocenters. The van der Waals surface area contributed by atoms with Crippen LogP contribution in [0.1, 0.15) is 17.4 Å². The summed E-state index contributed by atoms with van der Waals surface area (Å²) in [6.07, 6.45) is -5.26. The molecule has 2 aromatic rings. The van der Waals surface area contributed by atoms with Gasteiger partial charge in [-0.2, -0.15) is 13.2 Å². The molecule has 0 N–H and O–H groups in total. The summed E-state index contributed by atoms with van der Waals surface area (Å²) >= 11 is 5.77. The average Bonchev–Trinajstić information content (AvgIpc) is 2.38. The second-order valence-corrected chi connectivity index (χ2v) is 4.80. The summed E-state index contributed by atoms with van der Waals surface area (Å²) in [5.74, 6) is 0. The van der Waals surface area contributed by atoms with Crippen LogP contribution in [0.3, 0.4) is 0 Å². The van der Waals surface area contributed by atoms with Gasteiger partial charge in [-0.1, -0.05) is 54.6 Å². The van der Waals surface area contributed by atoms with Gasteiger partial charge in [-0.05, 0) is 16.7 Å². The van der Waals surface area contributed by atoms with Crippen LogP contribution >= 0.6 is 11.6 Å². The van der Waals surface area contributed by atoms with Crippen molar-refractivity contribution in [2.75, 3.05) is 0 Å². The Bertz CT molecular complexity index is 517. The SMILES string of the molecule is FC(F)(F)CC(Cl)c1ccc(-c2ccccc2)cc1. The van der Waals surface area contributed by atoms with Crippen molar-refractivity contribution in [1.29, 1.82) is 0 Å². The summed E-state index contributed by atoms with van der Waals surface area (Å²) < 4.78 is 36.8. The molecule has 0 heterocycles. The molecule has 2 aromatic carbocycles. The van der Waals surface area contributed by atoms with Gasteiger partial charge in [-0.15, -0.1) is 11.6 Å². The van der Waals surface area contributed by atoms with Gasteiger partial charge in [0.2, 0.25) is 0 Å². The van der Waals surface area contributed by atoms with E-state index in [1.807, 2.05) is 30.3 Å².